The summed E-state index contributed by atoms with van der Waals surface area (Å²) in [5.41, 5.74) is 7.60. The number of fused-ring (bicyclic) bond motifs is 1. The fourth-order valence-corrected chi connectivity index (χ4v) is 3.15. The van der Waals surface area contributed by atoms with Crippen LogP contribution in [0.5, 0.6) is 0 Å². The highest BCUT2D eigenvalue weighted by atomic mass is 35.5. The Balaban J connectivity index is 0.00000243. The molecule has 2 N–H and O–H groups in total. The van der Waals surface area contributed by atoms with E-state index in [2.05, 4.69) is 10.2 Å². The van der Waals surface area contributed by atoms with Crippen molar-refractivity contribution in [2.45, 2.75) is 51.9 Å². The average Bonchev–Trinajstić information content (AvgIpc) is 2.94. The summed E-state index contributed by atoms with van der Waals surface area (Å²) in [4.78, 5) is 26.6. The first kappa shape index (κ1) is 20.2. The molecule has 0 spiro atoms. The van der Waals surface area contributed by atoms with E-state index in [4.69, 9.17) is 5.73 Å². The van der Waals surface area contributed by atoms with Crippen LogP contribution in [0.15, 0.2) is 11.0 Å². The topological polar surface area (TPSA) is 104 Å². The van der Waals surface area contributed by atoms with Crippen molar-refractivity contribution >= 4 is 18.3 Å². The van der Waals surface area contributed by atoms with Crippen molar-refractivity contribution in [1.82, 2.24) is 29.0 Å². The Kier molecular flexibility index (Phi) is 6.25. The van der Waals surface area contributed by atoms with Crippen LogP contribution in [0.25, 0.3) is 0 Å². The molecule has 0 aliphatic carbocycles. The smallest absolute Gasteiger partial charge is 0.340 e. The molecule has 0 saturated heterocycles. The lowest BCUT2D eigenvalue weighted by Crippen LogP contribution is -2.35. The number of nitrogens with two attached hydrogens (primary N) is 1. The molecule has 9 nitrogen and oxygen atoms in total. The average molecular weight is 384 g/mol. The Labute approximate surface area is 158 Å². The summed E-state index contributed by atoms with van der Waals surface area (Å²) in [6.45, 7) is 2.87. The number of amides is 1. The molecule has 26 heavy (non-hydrogen) atoms. The van der Waals surface area contributed by atoms with E-state index in [0.29, 0.717) is 19.5 Å². The highest BCUT2D eigenvalue weighted by molar-refractivity contribution is 5.85. The van der Waals surface area contributed by atoms with Crippen LogP contribution < -0.4 is 11.4 Å². The molecule has 0 fully saturated rings. The molecule has 0 aromatic carbocycles. The maximum absolute atomic E-state index is 12.5. The number of aromatic nitrogens is 5. The zero-order valence-electron chi connectivity index (χ0n) is 15.4. The van der Waals surface area contributed by atoms with Crippen LogP contribution >= 0.6 is 12.4 Å². The van der Waals surface area contributed by atoms with Crippen molar-refractivity contribution in [2.24, 2.45) is 12.8 Å². The van der Waals surface area contributed by atoms with E-state index in [0.717, 1.165) is 29.9 Å². The Bertz CT molecular complexity index is 838. The van der Waals surface area contributed by atoms with Gasteiger partial charge in [-0.2, -0.15) is 10.2 Å². The number of halogens is 1. The van der Waals surface area contributed by atoms with Crippen LogP contribution in [0, 0.1) is 6.92 Å². The first-order valence-corrected chi connectivity index (χ1v) is 8.50. The molecule has 2 aromatic rings. The molecule has 0 saturated carbocycles. The van der Waals surface area contributed by atoms with Crippen LogP contribution in [0.3, 0.4) is 0 Å². The fraction of sp³-hybridized carbons (Fsp3) is 0.625. The zero-order chi connectivity index (χ0) is 18.1. The number of nitrogens with zero attached hydrogens (tertiary/aromatic N) is 6. The van der Waals surface area contributed by atoms with Gasteiger partial charge in [-0.25, -0.2) is 9.48 Å². The highest BCUT2D eigenvalue weighted by Crippen LogP contribution is 2.11. The van der Waals surface area contributed by atoms with Gasteiger partial charge in [0, 0.05) is 51.4 Å². The fourth-order valence-electron chi connectivity index (χ4n) is 3.15. The lowest BCUT2D eigenvalue weighted by atomic mass is 10.1. The van der Waals surface area contributed by atoms with Gasteiger partial charge in [-0.05, 0) is 19.8 Å². The first-order valence-electron chi connectivity index (χ1n) is 8.50. The minimum atomic E-state index is -0.233. The summed E-state index contributed by atoms with van der Waals surface area (Å²) < 4.78 is 4.64. The summed E-state index contributed by atoms with van der Waals surface area (Å²) in [5.74, 6) is 0.562. The lowest BCUT2D eigenvalue weighted by molar-refractivity contribution is -0.131. The molecule has 1 aliphatic rings. The number of carbonyl (C=O) groups is 1. The van der Waals surface area contributed by atoms with Gasteiger partial charge in [0.05, 0.1) is 5.69 Å². The Morgan fingerprint density at radius 3 is 2.77 bits per heavy atom. The Hall–Kier alpha value is -2.13. The molecule has 1 atom stereocenters. The van der Waals surface area contributed by atoms with Gasteiger partial charge >= 0.3 is 5.69 Å². The van der Waals surface area contributed by atoms with Crippen molar-refractivity contribution < 1.29 is 4.79 Å². The molecule has 144 valence electrons. The minimum absolute atomic E-state index is 0. The van der Waals surface area contributed by atoms with Gasteiger partial charge in [0.15, 0.2) is 0 Å². The highest BCUT2D eigenvalue weighted by Gasteiger charge is 2.21. The number of carbonyl (C=O) groups excluding carboxylic acids is 1. The van der Waals surface area contributed by atoms with E-state index in [1.165, 1.54) is 4.68 Å². The number of hydrogen-bond donors (Lipinski definition) is 1. The molecule has 1 aliphatic heterocycles. The standard InChI is InChI=1S/C16H25N7O2.ClH/c1-11-12(9-21(3)18-11)8-20(2)15(24)10-23-16(25)22-7-6-13(17)4-5-14(22)19-23;/h9,13H,4-8,10,17H2,1-3H3;1H. The third-order valence-electron chi connectivity index (χ3n) is 4.70. The van der Waals surface area contributed by atoms with E-state index in [-0.39, 0.29) is 36.6 Å². The van der Waals surface area contributed by atoms with Crippen LogP contribution in [-0.2, 0) is 37.9 Å². The van der Waals surface area contributed by atoms with Gasteiger partial charge in [0.25, 0.3) is 0 Å². The quantitative estimate of drug-likeness (QED) is 0.789. The molecule has 10 heteroatoms. The molecule has 1 unspecified atom stereocenters. The van der Waals surface area contributed by atoms with Gasteiger partial charge in [-0.15, -0.1) is 12.4 Å². The molecular weight excluding hydrogens is 358 g/mol. The van der Waals surface area contributed by atoms with E-state index < -0.39 is 0 Å². The molecule has 3 heterocycles. The van der Waals surface area contributed by atoms with E-state index in [9.17, 15) is 9.59 Å². The molecule has 0 bridgehead atoms. The van der Waals surface area contributed by atoms with Gasteiger partial charge in [0.1, 0.15) is 12.4 Å². The number of aryl methyl sites for hydroxylation is 3. The molecule has 3 rings (SSSR count). The number of rotatable bonds is 4. The normalized spacial score (nSPS) is 16.5. The van der Waals surface area contributed by atoms with Gasteiger partial charge in [0.2, 0.25) is 5.91 Å². The summed E-state index contributed by atoms with van der Waals surface area (Å²) in [6, 6.07) is 0.102. The van der Waals surface area contributed by atoms with Crippen molar-refractivity contribution in [3.8, 4) is 0 Å². The van der Waals surface area contributed by atoms with E-state index in [1.54, 1.807) is 21.2 Å². The zero-order valence-corrected chi connectivity index (χ0v) is 16.2. The van der Waals surface area contributed by atoms with Crippen molar-refractivity contribution in [3.63, 3.8) is 0 Å². The maximum atomic E-state index is 12.5. The van der Waals surface area contributed by atoms with Crippen molar-refractivity contribution in [1.29, 1.82) is 0 Å². The second kappa shape index (κ2) is 8.05. The van der Waals surface area contributed by atoms with Crippen LogP contribution in [0.4, 0.5) is 0 Å². The second-order valence-corrected chi connectivity index (χ2v) is 6.76. The summed E-state index contributed by atoms with van der Waals surface area (Å²) in [6.07, 6.45) is 4.13. The monoisotopic (exact) mass is 383 g/mol. The molecule has 0 radical (unpaired) electrons. The third-order valence-corrected chi connectivity index (χ3v) is 4.70. The number of likely N-dealkylation sites (N-methyl/N-ethyl adjacent to an activating group) is 1. The predicted octanol–water partition coefficient (Wildman–Crippen LogP) is -0.169. The van der Waals surface area contributed by atoms with Crippen molar-refractivity contribution in [3.05, 3.63) is 33.8 Å². The number of hydrogen-bond acceptors (Lipinski definition) is 5. The van der Waals surface area contributed by atoms with Crippen LogP contribution in [0.1, 0.15) is 29.9 Å². The van der Waals surface area contributed by atoms with E-state index in [1.807, 2.05) is 20.2 Å². The third kappa shape index (κ3) is 4.16. The predicted molar refractivity (Wildman–Crippen MR) is 99.1 cm³/mol. The Morgan fingerprint density at radius 2 is 2.12 bits per heavy atom. The SMILES string of the molecule is Cc1nn(C)cc1CN(C)C(=O)Cn1nc2n(c1=O)CCC(N)CC2.Cl. The van der Waals surface area contributed by atoms with Gasteiger partial charge in [-0.3, -0.25) is 14.0 Å². The van der Waals surface area contributed by atoms with Gasteiger partial charge < -0.3 is 10.6 Å². The van der Waals surface area contributed by atoms with Gasteiger partial charge in [-0.1, -0.05) is 0 Å². The minimum Gasteiger partial charge on any atom is -0.340 e. The first-order chi connectivity index (χ1) is 11.8. The maximum Gasteiger partial charge on any atom is 0.346 e. The van der Waals surface area contributed by atoms with E-state index >= 15 is 0 Å². The van der Waals surface area contributed by atoms with Crippen molar-refractivity contribution in [2.75, 3.05) is 7.05 Å². The molecule has 2 aromatic heterocycles. The van der Waals surface area contributed by atoms with Crippen LogP contribution in [-0.4, -0.2) is 48.0 Å². The lowest BCUT2D eigenvalue weighted by Gasteiger charge is -2.16. The molecular formula is C16H26ClN7O2. The van der Waals surface area contributed by atoms with Crippen LogP contribution in [0.2, 0.25) is 0 Å². The largest absolute Gasteiger partial charge is 0.346 e. The molecule has 1 amide bonds. The Morgan fingerprint density at radius 1 is 1.38 bits per heavy atom. The summed E-state index contributed by atoms with van der Waals surface area (Å²) in [5, 5.41) is 8.62. The second-order valence-electron chi connectivity index (χ2n) is 6.76. The summed E-state index contributed by atoms with van der Waals surface area (Å²) >= 11 is 0. The summed E-state index contributed by atoms with van der Waals surface area (Å²) in [7, 11) is 3.57.